The number of nitro groups is 1. The Balaban J connectivity index is 2.10. The number of benzene rings is 2. The molecule has 0 radical (unpaired) electrons. The molecule has 118 valence electrons. The predicted molar refractivity (Wildman–Crippen MR) is 85.8 cm³/mol. The van der Waals surface area contributed by atoms with Gasteiger partial charge in [0.15, 0.2) is 0 Å². The maximum Gasteiger partial charge on any atom is 0.271 e. The maximum atomic E-state index is 12.0. The highest BCUT2D eigenvalue weighted by Gasteiger charge is 2.08. The summed E-state index contributed by atoms with van der Waals surface area (Å²) in [6, 6.07) is 12.6. The summed E-state index contributed by atoms with van der Waals surface area (Å²) in [5.74, 6) is 0.273. The van der Waals surface area contributed by atoms with Gasteiger partial charge in [0.25, 0.3) is 11.6 Å². The smallest absolute Gasteiger partial charge is 0.271 e. The van der Waals surface area contributed by atoms with Gasteiger partial charge >= 0.3 is 0 Å². The number of non-ortho nitro benzene ring substituents is 1. The van der Waals surface area contributed by atoms with Crippen LogP contribution in [0.3, 0.4) is 0 Å². The van der Waals surface area contributed by atoms with Crippen LogP contribution in [-0.2, 0) is 0 Å². The first-order valence-corrected chi connectivity index (χ1v) is 6.75. The van der Waals surface area contributed by atoms with E-state index in [1.807, 2.05) is 0 Å². The molecule has 1 N–H and O–H groups in total. The van der Waals surface area contributed by atoms with Crippen LogP contribution in [0, 0.1) is 10.1 Å². The largest absolute Gasteiger partial charge is 0.497 e. The first kappa shape index (κ1) is 16.2. The van der Waals surface area contributed by atoms with Crippen LogP contribution in [0.4, 0.5) is 5.69 Å². The molecule has 0 fully saturated rings. The topological polar surface area (TPSA) is 93.8 Å². The molecule has 2 aromatic rings. The molecule has 0 unspecified atom stereocenters. The van der Waals surface area contributed by atoms with Gasteiger partial charge in [-0.2, -0.15) is 5.10 Å². The first-order valence-electron chi connectivity index (χ1n) is 6.75. The quantitative estimate of drug-likeness (QED) is 0.521. The van der Waals surface area contributed by atoms with Gasteiger partial charge in [-0.05, 0) is 31.2 Å². The van der Waals surface area contributed by atoms with Crippen molar-refractivity contribution in [2.75, 3.05) is 7.11 Å². The number of hydrogen-bond donors (Lipinski definition) is 1. The van der Waals surface area contributed by atoms with Crippen molar-refractivity contribution >= 4 is 17.3 Å². The molecule has 0 aromatic heterocycles. The van der Waals surface area contributed by atoms with Crippen LogP contribution in [0.25, 0.3) is 0 Å². The van der Waals surface area contributed by atoms with Crippen molar-refractivity contribution < 1.29 is 14.5 Å². The molecule has 2 aromatic carbocycles. The number of hydrogen-bond acceptors (Lipinski definition) is 5. The second-order valence-corrected chi connectivity index (χ2v) is 4.67. The Kier molecular flexibility index (Phi) is 5.03. The van der Waals surface area contributed by atoms with E-state index in [-0.39, 0.29) is 11.6 Å². The molecule has 0 aliphatic carbocycles. The number of hydrazone groups is 1. The Morgan fingerprint density at radius 1 is 1.17 bits per heavy atom. The van der Waals surface area contributed by atoms with Crippen molar-refractivity contribution in [2.24, 2.45) is 5.10 Å². The molecule has 7 heteroatoms. The standard InChI is InChI=1S/C16H15N3O4/c1-11(13-4-3-5-14(10-13)19(21)22)17-18-16(20)12-6-8-15(23-2)9-7-12/h3-10H,1-2H3,(H,18,20). The summed E-state index contributed by atoms with van der Waals surface area (Å²) in [5.41, 5.74) is 3.86. The van der Waals surface area contributed by atoms with Gasteiger partial charge in [0.1, 0.15) is 5.75 Å². The van der Waals surface area contributed by atoms with Crippen molar-refractivity contribution in [1.82, 2.24) is 5.43 Å². The lowest BCUT2D eigenvalue weighted by atomic mass is 10.1. The Bertz CT molecular complexity index is 754. The van der Waals surface area contributed by atoms with Crippen LogP contribution < -0.4 is 10.2 Å². The minimum absolute atomic E-state index is 0.0291. The Labute approximate surface area is 132 Å². The molecular weight excluding hydrogens is 298 g/mol. The molecule has 1 amide bonds. The highest BCUT2D eigenvalue weighted by atomic mass is 16.6. The molecule has 7 nitrogen and oxygen atoms in total. The number of carbonyl (C=O) groups is 1. The number of amides is 1. The van der Waals surface area contributed by atoms with Crippen LogP contribution in [0.5, 0.6) is 5.75 Å². The highest BCUT2D eigenvalue weighted by Crippen LogP contribution is 2.14. The molecule has 0 aliphatic heterocycles. The van der Waals surface area contributed by atoms with Crippen molar-refractivity contribution in [3.8, 4) is 5.75 Å². The highest BCUT2D eigenvalue weighted by molar-refractivity contribution is 6.01. The summed E-state index contributed by atoms with van der Waals surface area (Å²) in [7, 11) is 1.54. The normalized spacial score (nSPS) is 11.0. The monoisotopic (exact) mass is 313 g/mol. The Hall–Kier alpha value is -3.22. The van der Waals surface area contributed by atoms with Gasteiger partial charge in [-0.1, -0.05) is 12.1 Å². The van der Waals surface area contributed by atoms with E-state index in [1.54, 1.807) is 50.4 Å². The summed E-state index contributed by atoms with van der Waals surface area (Å²) < 4.78 is 5.02. The SMILES string of the molecule is COc1ccc(C(=O)NN=C(C)c2cccc([N+](=O)[O-])c2)cc1. The summed E-state index contributed by atoms with van der Waals surface area (Å²) in [6.45, 7) is 1.66. The third-order valence-corrected chi connectivity index (χ3v) is 3.15. The molecule has 0 bridgehead atoms. The zero-order valence-electron chi connectivity index (χ0n) is 12.6. The van der Waals surface area contributed by atoms with Gasteiger partial charge in [-0.3, -0.25) is 14.9 Å². The number of nitrogens with zero attached hydrogens (tertiary/aromatic N) is 2. The second kappa shape index (κ2) is 7.17. The average Bonchev–Trinajstić information content (AvgIpc) is 2.59. The number of ether oxygens (including phenoxy) is 1. The van der Waals surface area contributed by atoms with Crippen molar-refractivity contribution in [1.29, 1.82) is 0 Å². The van der Waals surface area contributed by atoms with E-state index < -0.39 is 4.92 Å². The molecule has 2 rings (SSSR count). The Morgan fingerprint density at radius 3 is 2.48 bits per heavy atom. The molecular formula is C16H15N3O4. The molecule has 0 saturated carbocycles. The van der Waals surface area contributed by atoms with Gasteiger partial charge in [0, 0.05) is 23.3 Å². The van der Waals surface area contributed by atoms with Crippen LogP contribution >= 0.6 is 0 Å². The molecule has 23 heavy (non-hydrogen) atoms. The van der Waals surface area contributed by atoms with E-state index in [2.05, 4.69) is 10.5 Å². The van der Waals surface area contributed by atoms with Crippen molar-refractivity contribution in [2.45, 2.75) is 6.92 Å². The van der Waals surface area contributed by atoms with Crippen LogP contribution in [0.1, 0.15) is 22.8 Å². The van der Waals surface area contributed by atoms with Gasteiger partial charge < -0.3 is 4.74 Å². The fraction of sp³-hybridized carbons (Fsp3) is 0.125. The van der Waals surface area contributed by atoms with E-state index in [4.69, 9.17) is 4.74 Å². The minimum atomic E-state index is -0.479. The van der Waals surface area contributed by atoms with E-state index >= 15 is 0 Å². The molecule has 0 saturated heterocycles. The summed E-state index contributed by atoms with van der Waals surface area (Å²) in [4.78, 5) is 22.3. The fourth-order valence-electron chi connectivity index (χ4n) is 1.85. The zero-order valence-corrected chi connectivity index (χ0v) is 12.6. The molecule has 0 spiro atoms. The lowest BCUT2D eigenvalue weighted by Gasteiger charge is -2.04. The average molecular weight is 313 g/mol. The summed E-state index contributed by atoms with van der Waals surface area (Å²) >= 11 is 0. The third-order valence-electron chi connectivity index (χ3n) is 3.15. The lowest BCUT2D eigenvalue weighted by molar-refractivity contribution is -0.384. The Morgan fingerprint density at radius 2 is 1.87 bits per heavy atom. The minimum Gasteiger partial charge on any atom is -0.497 e. The van der Waals surface area contributed by atoms with Gasteiger partial charge in [-0.15, -0.1) is 0 Å². The molecule has 0 atom stereocenters. The summed E-state index contributed by atoms with van der Waals surface area (Å²) in [5, 5.41) is 14.7. The van der Waals surface area contributed by atoms with Gasteiger partial charge in [-0.25, -0.2) is 5.43 Å². The third kappa shape index (κ3) is 4.13. The number of carbonyl (C=O) groups excluding carboxylic acids is 1. The van der Waals surface area contributed by atoms with Gasteiger partial charge in [0.05, 0.1) is 17.7 Å². The summed E-state index contributed by atoms with van der Waals surface area (Å²) in [6.07, 6.45) is 0. The van der Waals surface area contributed by atoms with Crippen LogP contribution in [0.2, 0.25) is 0 Å². The van der Waals surface area contributed by atoms with Crippen LogP contribution in [0.15, 0.2) is 53.6 Å². The lowest BCUT2D eigenvalue weighted by Crippen LogP contribution is -2.19. The van der Waals surface area contributed by atoms with Crippen molar-refractivity contribution in [3.63, 3.8) is 0 Å². The van der Waals surface area contributed by atoms with E-state index in [9.17, 15) is 14.9 Å². The van der Waals surface area contributed by atoms with E-state index in [1.165, 1.54) is 12.1 Å². The number of rotatable bonds is 5. The fourth-order valence-corrected chi connectivity index (χ4v) is 1.85. The molecule has 0 aliphatic rings. The maximum absolute atomic E-state index is 12.0. The van der Waals surface area contributed by atoms with Crippen LogP contribution in [-0.4, -0.2) is 23.7 Å². The number of nitrogens with one attached hydrogen (secondary N) is 1. The zero-order chi connectivity index (χ0) is 16.8. The van der Waals surface area contributed by atoms with E-state index in [0.29, 0.717) is 22.6 Å². The predicted octanol–water partition coefficient (Wildman–Crippen LogP) is 2.76. The first-order chi connectivity index (χ1) is 11.0. The number of nitro benzene ring substituents is 1. The molecule has 0 heterocycles. The number of methoxy groups -OCH3 is 1. The van der Waals surface area contributed by atoms with Gasteiger partial charge in [0.2, 0.25) is 0 Å². The van der Waals surface area contributed by atoms with E-state index in [0.717, 1.165) is 0 Å². The van der Waals surface area contributed by atoms with Crippen molar-refractivity contribution in [3.05, 3.63) is 69.8 Å². The second-order valence-electron chi connectivity index (χ2n) is 4.67.